The van der Waals surface area contributed by atoms with Crippen molar-refractivity contribution >= 4 is 23.7 Å². The van der Waals surface area contributed by atoms with Crippen LogP contribution in [0.25, 0.3) is 16.9 Å². The summed E-state index contributed by atoms with van der Waals surface area (Å²) >= 11 is 0. The van der Waals surface area contributed by atoms with E-state index in [9.17, 15) is 10.1 Å². The van der Waals surface area contributed by atoms with Crippen LogP contribution in [0.4, 0.5) is 5.95 Å². The van der Waals surface area contributed by atoms with Crippen molar-refractivity contribution in [3.05, 3.63) is 66.4 Å². The summed E-state index contributed by atoms with van der Waals surface area (Å²) in [5.41, 5.74) is 2.58. The number of aliphatic imine (C=N–C) groups is 1. The first kappa shape index (κ1) is 22.0. The molecule has 3 heterocycles. The number of amides is 1. The number of fused-ring (bicyclic) bond motifs is 1. The Labute approximate surface area is 191 Å². The molecule has 0 spiro atoms. The van der Waals surface area contributed by atoms with Gasteiger partial charge in [-0.3, -0.25) is 15.1 Å². The Bertz CT molecular complexity index is 1310. The summed E-state index contributed by atoms with van der Waals surface area (Å²) in [5, 5.41) is 16.4. The van der Waals surface area contributed by atoms with Crippen LogP contribution in [0.3, 0.4) is 0 Å². The van der Waals surface area contributed by atoms with Crippen molar-refractivity contribution in [3.8, 4) is 23.1 Å². The lowest BCUT2D eigenvalue weighted by molar-refractivity contribution is -0.118. The van der Waals surface area contributed by atoms with Gasteiger partial charge in [-0.15, -0.1) is 5.10 Å². The van der Waals surface area contributed by atoms with Gasteiger partial charge in [-0.25, -0.2) is 4.52 Å². The molecule has 166 valence electrons. The minimum Gasteiger partial charge on any atom is -0.489 e. The SMILES string of the molecule is CC(C)C(=O)Nc1nc2cccc(-c3ccc(OCC4=CN=CC(C)(C#N)C=C4)cc3)n2n1. The molecule has 4 rings (SSSR count). The summed E-state index contributed by atoms with van der Waals surface area (Å²) in [5.74, 6) is 0.701. The molecule has 8 nitrogen and oxygen atoms in total. The zero-order chi connectivity index (χ0) is 23.4. The normalized spacial score (nSPS) is 17.5. The Morgan fingerprint density at radius 3 is 2.76 bits per heavy atom. The summed E-state index contributed by atoms with van der Waals surface area (Å²) < 4.78 is 7.60. The molecule has 1 amide bonds. The number of ether oxygens (including phenoxy) is 1. The van der Waals surface area contributed by atoms with Crippen molar-refractivity contribution in [2.75, 3.05) is 11.9 Å². The maximum atomic E-state index is 12.0. The number of carbonyl (C=O) groups excluding carboxylic acids is 1. The van der Waals surface area contributed by atoms with Gasteiger partial charge < -0.3 is 4.74 Å². The van der Waals surface area contributed by atoms with E-state index in [0.717, 1.165) is 16.8 Å². The van der Waals surface area contributed by atoms with E-state index in [1.54, 1.807) is 23.9 Å². The van der Waals surface area contributed by atoms with Crippen molar-refractivity contribution in [2.24, 2.45) is 16.3 Å². The van der Waals surface area contributed by atoms with Crippen LogP contribution in [0.15, 0.2) is 71.4 Å². The van der Waals surface area contributed by atoms with Gasteiger partial charge in [0.15, 0.2) is 5.65 Å². The molecular weight excluding hydrogens is 416 g/mol. The van der Waals surface area contributed by atoms with Crippen LogP contribution < -0.4 is 10.1 Å². The minimum atomic E-state index is -0.709. The molecule has 0 radical (unpaired) electrons. The molecule has 0 bridgehead atoms. The largest absolute Gasteiger partial charge is 0.489 e. The van der Waals surface area contributed by atoms with Crippen LogP contribution in [0.1, 0.15) is 20.8 Å². The number of nitrogens with zero attached hydrogens (tertiary/aromatic N) is 5. The van der Waals surface area contributed by atoms with Gasteiger partial charge in [0.1, 0.15) is 17.8 Å². The van der Waals surface area contributed by atoms with E-state index in [4.69, 9.17) is 4.74 Å². The van der Waals surface area contributed by atoms with Crippen molar-refractivity contribution in [1.29, 1.82) is 5.26 Å². The second-order valence-electron chi connectivity index (χ2n) is 8.28. The molecule has 1 aliphatic rings. The number of nitriles is 1. The second kappa shape index (κ2) is 9.09. The number of pyridine rings is 1. The highest BCUT2D eigenvalue weighted by Crippen LogP contribution is 2.24. The fourth-order valence-electron chi connectivity index (χ4n) is 3.13. The van der Waals surface area contributed by atoms with E-state index >= 15 is 0 Å². The smallest absolute Gasteiger partial charge is 0.249 e. The van der Waals surface area contributed by atoms with Gasteiger partial charge in [0, 0.05) is 29.5 Å². The lowest BCUT2D eigenvalue weighted by Crippen LogP contribution is -2.18. The van der Waals surface area contributed by atoms with E-state index < -0.39 is 5.41 Å². The molecule has 1 N–H and O–H groups in total. The highest BCUT2D eigenvalue weighted by atomic mass is 16.5. The third kappa shape index (κ3) is 4.99. The monoisotopic (exact) mass is 440 g/mol. The molecule has 1 unspecified atom stereocenters. The summed E-state index contributed by atoms with van der Waals surface area (Å²) in [6, 6.07) is 15.6. The summed E-state index contributed by atoms with van der Waals surface area (Å²) in [6.07, 6.45) is 7.01. The molecule has 33 heavy (non-hydrogen) atoms. The Hall–Kier alpha value is -4.25. The molecule has 1 aromatic carbocycles. The van der Waals surface area contributed by atoms with Crippen molar-refractivity contribution in [3.63, 3.8) is 0 Å². The molecule has 0 aliphatic carbocycles. The van der Waals surface area contributed by atoms with Gasteiger partial charge in [-0.05, 0) is 43.3 Å². The zero-order valence-corrected chi connectivity index (χ0v) is 18.7. The highest BCUT2D eigenvalue weighted by Gasteiger charge is 2.18. The number of aromatic nitrogens is 3. The van der Waals surface area contributed by atoms with Crippen LogP contribution >= 0.6 is 0 Å². The lowest BCUT2D eigenvalue weighted by atomic mass is 9.94. The maximum Gasteiger partial charge on any atom is 0.249 e. The van der Waals surface area contributed by atoms with Gasteiger partial charge in [0.05, 0.1) is 11.8 Å². The van der Waals surface area contributed by atoms with Crippen molar-refractivity contribution in [1.82, 2.24) is 14.6 Å². The zero-order valence-electron chi connectivity index (χ0n) is 18.7. The van der Waals surface area contributed by atoms with Crippen LogP contribution in [0.2, 0.25) is 0 Å². The molecule has 2 aromatic heterocycles. The third-order valence-corrected chi connectivity index (χ3v) is 5.14. The fraction of sp³-hybridized carbons (Fsp3) is 0.240. The summed E-state index contributed by atoms with van der Waals surface area (Å²) in [4.78, 5) is 20.6. The van der Waals surface area contributed by atoms with E-state index in [2.05, 4.69) is 26.5 Å². The molecule has 1 aliphatic heterocycles. The Balaban J connectivity index is 1.48. The van der Waals surface area contributed by atoms with Crippen molar-refractivity contribution < 1.29 is 9.53 Å². The number of hydrogen-bond acceptors (Lipinski definition) is 6. The standard InChI is InChI=1S/C25H24N6O2/c1-17(2)23(32)29-24-28-22-6-4-5-21(31(22)30-24)19-7-9-20(10-8-19)33-14-18-11-12-25(3,15-26)16-27-13-18/h4-13,16-17H,14H2,1-3H3,(H,29,30,32). The van der Waals surface area contributed by atoms with Gasteiger partial charge >= 0.3 is 0 Å². The lowest BCUT2D eigenvalue weighted by Gasteiger charge is -2.09. The van der Waals surface area contributed by atoms with Crippen LogP contribution in [-0.2, 0) is 4.79 Å². The summed E-state index contributed by atoms with van der Waals surface area (Å²) in [7, 11) is 0. The first-order valence-electron chi connectivity index (χ1n) is 10.6. The molecule has 0 saturated heterocycles. The van der Waals surface area contributed by atoms with E-state index in [0.29, 0.717) is 18.0 Å². The molecule has 1 atom stereocenters. The van der Waals surface area contributed by atoms with E-state index in [1.807, 2.05) is 68.5 Å². The molecular formula is C25H24N6O2. The van der Waals surface area contributed by atoms with Crippen LogP contribution in [0, 0.1) is 22.7 Å². The average Bonchev–Trinajstić information content (AvgIpc) is 3.13. The van der Waals surface area contributed by atoms with Crippen molar-refractivity contribution in [2.45, 2.75) is 20.8 Å². The first-order chi connectivity index (χ1) is 15.9. The fourth-order valence-corrected chi connectivity index (χ4v) is 3.13. The summed E-state index contributed by atoms with van der Waals surface area (Å²) in [6.45, 7) is 5.78. The first-order valence-corrected chi connectivity index (χ1v) is 10.6. The molecule has 8 heteroatoms. The number of hydrogen-bond donors (Lipinski definition) is 1. The highest BCUT2D eigenvalue weighted by molar-refractivity contribution is 5.90. The topological polar surface area (TPSA) is 105 Å². The molecule has 3 aromatic rings. The predicted molar refractivity (Wildman–Crippen MR) is 127 cm³/mol. The minimum absolute atomic E-state index is 0.129. The second-order valence-corrected chi connectivity index (χ2v) is 8.28. The quantitative estimate of drug-likeness (QED) is 0.611. The van der Waals surface area contributed by atoms with Gasteiger partial charge in [0.25, 0.3) is 0 Å². The predicted octanol–water partition coefficient (Wildman–Crippen LogP) is 4.42. The number of benzene rings is 1. The van der Waals surface area contributed by atoms with E-state index in [1.165, 1.54) is 0 Å². The van der Waals surface area contributed by atoms with Crippen LogP contribution in [0.5, 0.6) is 5.75 Å². The number of carbonyl (C=O) groups is 1. The molecule has 0 saturated carbocycles. The Morgan fingerprint density at radius 1 is 1.24 bits per heavy atom. The van der Waals surface area contributed by atoms with E-state index in [-0.39, 0.29) is 17.8 Å². The number of anilines is 1. The van der Waals surface area contributed by atoms with Gasteiger partial charge in [-0.1, -0.05) is 32.1 Å². The Morgan fingerprint density at radius 2 is 2.03 bits per heavy atom. The number of nitrogens with one attached hydrogen (secondary N) is 1. The number of allylic oxidation sites excluding steroid dienone is 1. The Kier molecular flexibility index (Phi) is 6.05. The maximum absolute atomic E-state index is 12.0. The number of rotatable bonds is 6. The average molecular weight is 441 g/mol. The van der Waals surface area contributed by atoms with Crippen LogP contribution in [-0.4, -0.2) is 33.3 Å². The van der Waals surface area contributed by atoms with Gasteiger partial charge in [-0.2, -0.15) is 10.2 Å². The third-order valence-electron chi connectivity index (χ3n) is 5.14. The molecule has 0 fully saturated rings. The van der Waals surface area contributed by atoms with Gasteiger partial charge in [0.2, 0.25) is 11.9 Å².